The van der Waals surface area contributed by atoms with Gasteiger partial charge >= 0.3 is 6.09 Å². The van der Waals surface area contributed by atoms with E-state index in [0.29, 0.717) is 11.5 Å². The molecule has 0 saturated heterocycles. The number of hydrogen-bond acceptors (Lipinski definition) is 4. The van der Waals surface area contributed by atoms with Crippen molar-refractivity contribution >= 4 is 17.6 Å². The van der Waals surface area contributed by atoms with Gasteiger partial charge in [-0.25, -0.2) is 9.78 Å². The van der Waals surface area contributed by atoms with Crippen LogP contribution in [0.15, 0.2) is 18.3 Å². The number of anilines is 2. The molecule has 0 aliphatic carbocycles. The maximum absolute atomic E-state index is 10.7. The number of amides is 1. The highest BCUT2D eigenvalue weighted by atomic mass is 16.5. The van der Waals surface area contributed by atoms with Crippen LogP contribution in [0.1, 0.15) is 0 Å². The number of nitrogens with one attached hydrogen (secondary N) is 1. The molecule has 3 N–H and O–H groups in total. The van der Waals surface area contributed by atoms with Crippen molar-refractivity contribution in [2.24, 2.45) is 0 Å². The monoisotopic (exact) mass is 167 g/mol. The largest absolute Gasteiger partial charge is 0.453 e. The first-order valence-corrected chi connectivity index (χ1v) is 3.29. The topological polar surface area (TPSA) is 77.2 Å². The van der Waals surface area contributed by atoms with Crippen LogP contribution in [0, 0.1) is 0 Å². The lowest BCUT2D eigenvalue weighted by Gasteiger charge is -2.01. The molecule has 1 aromatic heterocycles. The molecule has 5 nitrogen and oxygen atoms in total. The van der Waals surface area contributed by atoms with Gasteiger partial charge in [0.05, 0.1) is 19.0 Å². The first kappa shape index (κ1) is 8.32. The van der Waals surface area contributed by atoms with Gasteiger partial charge in [-0.3, -0.25) is 5.32 Å². The van der Waals surface area contributed by atoms with E-state index in [1.807, 2.05) is 0 Å². The molecular weight excluding hydrogens is 158 g/mol. The van der Waals surface area contributed by atoms with Crippen LogP contribution in [-0.4, -0.2) is 18.2 Å². The van der Waals surface area contributed by atoms with Gasteiger partial charge in [0.15, 0.2) is 0 Å². The summed E-state index contributed by atoms with van der Waals surface area (Å²) >= 11 is 0. The fourth-order valence-corrected chi connectivity index (χ4v) is 0.635. The highest BCUT2D eigenvalue weighted by Crippen LogP contribution is 2.05. The van der Waals surface area contributed by atoms with Gasteiger partial charge in [-0.15, -0.1) is 0 Å². The van der Waals surface area contributed by atoms with Crippen molar-refractivity contribution in [3.63, 3.8) is 0 Å². The summed E-state index contributed by atoms with van der Waals surface area (Å²) in [6.07, 6.45) is 0.901. The van der Waals surface area contributed by atoms with Crippen LogP contribution in [0.2, 0.25) is 0 Å². The van der Waals surface area contributed by atoms with Crippen molar-refractivity contribution < 1.29 is 9.53 Å². The number of carbonyl (C=O) groups is 1. The predicted octanol–water partition coefficient (Wildman–Crippen LogP) is 0.842. The third-order valence-electron chi connectivity index (χ3n) is 1.20. The molecule has 1 aromatic rings. The molecule has 0 aliphatic heterocycles. The molecule has 0 aliphatic rings. The molecule has 0 bridgehead atoms. The van der Waals surface area contributed by atoms with Gasteiger partial charge in [0.25, 0.3) is 0 Å². The van der Waals surface area contributed by atoms with Crippen LogP contribution >= 0.6 is 0 Å². The smallest absolute Gasteiger partial charge is 0.412 e. The second-order valence-electron chi connectivity index (χ2n) is 2.09. The Kier molecular flexibility index (Phi) is 2.47. The van der Waals surface area contributed by atoms with Crippen LogP contribution in [0.25, 0.3) is 0 Å². The fourth-order valence-electron chi connectivity index (χ4n) is 0.635. The molecular formula is C7H9N3O2. The Morgan fingerprint density at radius 2 is 2.42 bits per heavy atom. The van der Waals surface area contributed by atoms with E-state index in [-0.39, 0.29) is 0 Å². The summed E-state index contributed by atoms with van der Waals surface area (Å²) < 4.78 is 4.36. The van der Waals surface area contributed by atoms with Crippen molar-refractivity contribution in [2.45, 2.75) is 0 Å². The Bertz CT molecular complexity index is 270. The summed E-state index contributed by atoms with van der Waals surface area (Å²) in [5.41, 5.74) is 5.93. The number of methoxy groups -OCH3 is 1. The second-order valence-corrected chi connectivity index (χ2v) is 2.09. The molecule has 64 valence electrons. The van der Waals surface area contributed by atoms with E-state index in [0.717, 1.165) is 0 Å². The maximum Gasteiger partial charge on any atom is 0.412 e. The number of carbonyl (C=O) groups excluding carboxylic acids is 1. The summed E-state index contributed by atoms with van der Waals surface area (Å²) in [5.74, 6) is 0.413. The molecule has 1 rings (SSSR count). The molecule has 12 heavy (non-hydrogen) atoms. The SMILES string of the molecule is COC(=O)Nc1ccc(N)cn1. The summed E-state index contributed by atoms with van der Waals surface area (Å²) in [5, 5.41) is 2.39. The number of hydrogen-bond donors (Lipinski definition) is 2. The number of rotatable bonds is 1. The van der Waals surface area contributed by atoms with E-state index < -0.39 is 6.09 Å². The summed E-state index contributed by atoms with van der Waals surface area (Å²) in [7, 11) is 1.28. The number of nitrogens with zero attached hydrogens (tertiary/aromatic N) is 1. The Hall–Kier alpha value is -1.78. The van der Waals surface area contributed by atoms with Gasteiger partial charge < -0.3 is 10.5 Å². The standard InChI is InChI=1S/C7H9N3O2/c1-12-7(11)10-6-3-2-5(8)4-9-6/h2-4H,8H2,1H3,(H,9,10,11). The predicted molar refractivity (Wildman–Crippen MR) is 44.7 cm³/mol. The third kappa shape index (κ3) is 2.12. The van der Waals surface area contributed by atoms with E-state index in [1.54, 1.807) is 12.1 Å². The van der Waals surface area contributed by atoms with E-state index >= 15 is 0 Å². The molecule has 0 spiro atoms. The minimum absolute atomic E-state index is 0.413. The number of ether oxygens (including phenoxy) is 1. The normalized spacial score (nSPS) is 9.08. The zero-order valence-electron chi connectivity index (χ0n) is 6.57. The van der Waals surface area contributed by atoms with Crippen molar-refractivity contribution in [3.8, 4) is 0 Å². The average molecular weight is 167 g/mol. The number of pyridine rings is 1. The number of nitrogen functional groups attached to an aromatic ring is 1. The quantitative estimate of drug-likeness (QED) is 0.649. The molecule has 1 heterocycles. The summed E-state index contributed by atoms with van der Waals surface area (Å²) in [6, 6.07) is 3.23. The minimum atomic E-state index is -0.549. The molecule has 0 fully saturated rings. The third-order valence-corrected chi connectivity index (χ3v) is 1.20. The second kappa shape index (κ2) is 3.56. The van der Waals surface area contributed by atoms with E-state index in [2.05, 4.69) is 15.0 Å². The van der Waals surface area contributed by atoms with Gasteiger partial charge in [0.1, 0.15) is 5.82 Å². The molecule has 1 amide bonds. The van der Waals surface area contributed by atoms with Gasteiger partial charge in [0, 0.05) is 0 Å². The maximum atomic E-state index is 10.7. The van der Waals surface area contributed by atoms with Crippen LogP contribution < -0.4 is 11.1 Å². The van der Waals surface area contributed by atoms with Gasteiger partial charge in [-0.05, 0) is 12.1 Å². The van der Waals surface area contributed by atoms with Crippen molar-refractivity contribution in [3.05, 3.63) is 18.3 Å². The van der Waals surface area contributed by atoms with Crippen LogP contribution in [-0.2, 0) is 4.74 Å². The zero-order chi connectivity index (χ0) is 8.97. The highest BCUT2D eigenvalue weighted by Gasteiger charge is 1.99. The lowest BCUT2D eigenvalue weighted by atomic mass is 10.4. The first-order valence-electron chi connectivity index (χ1n) is 3.29. The van der Waals surface area contributed by atoms with Crippen molar-refractivity contribution in [1.29, 1.82) is 0 Å². The van der Waals surface area contributed by atoms with Gasteiger partial charge in [-0.1, -0.05) is 0 Å². The number of aromatic nitrogens is 1. The molecule has 0 atom stereocenters. The van der Waals surface area contributed by atoms with Gasteiger partial charge in [-0.2, -0.15) is 0 Å². The molecule has 0 saturated carbocycles. The average Bonchev–Trinajstić information content (AvgIpc) is 2.09. The van der Waals surface area contributed by atoms with E-state index in [1.165, 1.54) is 13.3 Å². The van der Waals surface area contributed by atoms with Crippen LogP contribution in [0.3, 0.4) is 0 Å². The minimum Gasteiger partial charge on any atom is -0.453 e. The van der Waals surface area contributed by atoms with E-state index in [4.69, 9.17) is 5.73 Å². The zero-order valence-corrected chi connectivity index (χ0v) is 6.57. The molecule has 0 radical (unpaired) electrons. The lowest BCUT2D eigenvalue weighted by Crippen LogP contribution is -2.11. The number of nitrogens with two attached hydrogens (primary N) is 1. The fraction of sp³-hybridized carbons (Fsp3) is 0.143. The van der Waals surface area contributed by atoms with Crippen molar-refractivity contribution in [2.75, 3.05) is 18.2 Å². The summed E-state index contributed by atoms with van der Waals surface area (Å²) in [6.45, 7) is 0. The first-order chi connectivity index (χ1) is 5.72. The lowest BCUT2D eigenvalue weighted by molar-refractivity contribution is 0.187. The van der Waals surface area contributed by atoms with Gasteiger partial charge in [0.2, 0.25) is 0 Å². The Labute approximate surface area is 69.5 Å². The van der Waals surface area contributed by atoms with Crippen molar-refractivity contribution in [1.82, 2.24) is 4.98 Å². The highest BCUT2D eigenvalue weighted by molar-refractivity contribution is 5.83. The molecule has 5 heteroatoms. The molecule has 0 aromatic carbocycles. The Morgan fingerprint density at radius 3 is 2.92 bits per heavy atom. The van der Waals surface area contributed by atoms with E-state index in [9.17, 15) is 4.79 Å². The van der Waals surface area contributed by atoms with Crippen LogP contribution in [0.4, 0.5) is 16.3 Å². The van der Waals surface area contributed by atoms with Crippen LogP contribution in [0.5, 0.6) is 0 Å². The molecule has 0 unspecified atom stereocenters. The Balaban J connectivity index is 2.64. The Morgan fingerprint density at radius 1 is 1.67 bits per heavy atom. The summed E-state index contributed by atoms with van der Waals surface area (Å²) in [4.78, 5) is 14.5.